The molecule has 2 amide bonds. The maximum atomic E-state index is 12.7. The third-order valence-electron chi connectivity index (χ3n) is 4.57. The van der Waals surface area contributed by atoms with E-state index >= 15 is 0 Å². The highest BCUT2D eigenvalue weighted by molar-refractivity contribution is 5.98. The van der Waals surface area contributed by atoms with E-state index in [1.54, 1.807) is 37.3 Å². The Labute approximate surface area is 176 Å². The summed E-state index contributed by atoms with van der Waals surface area (Å²) in [5.41, 5.74) is 6.25. The number of rotatable bonds is 8. The summed E-state index contributed by atoms with van der Waals surface area (Å²) in [5.74, 6) is 0.291. The zero-order chi connectivity index (χ0) is 20.1. The van der Waals surface area contributed by atoms with E-state index in [1.807, 2.05) is 18.2 Å². The SMILES string of the molecule is COc1ccc(NC(=O)C(C)(N)c2ccccc2)cc1OCC(=O)NC1CC1.Cl. The molecule has 0 heterocycles. The molecule has 3 rings (SSSR count). The van der Waals surface area contributed by atoms with E-state index in [-0.39, 0.29) is 36.9 Å². The summed E-state index contributed by atoms with van der Waals surface area (Å²) < 4.78 is 10.9. The molecule has 7 nitrogen and oxygen atoms in total. The molecule has 29 heavy (non-hydrogen) atoms. The topological polar surface area (TPSA) is 103 Å². The summed E-state index contributed by atoms with van der Waals surface area (Å²) in [4.78, 5) is 24.6. The summed E-state index contributed by atoms with van der Waals surface area (Å²) in [7, 11) is 1.51. The van der Waals surface area contributed by atoms with E-state index in [2.05, 4.69) is 10.6 Å². The molecule has 0 aromatic heterocycles. The van der Waals surface area contributed by atoms with E-state index < -0.39 is 5.54 Å². The van der Waals surface area contributed by atoms with Gasteiger partial charge in [-0.25, -0.2) is 0 Å². The van der Waals surface area contributed by atoms with Crippen molar-refractivity contribution in [3.8, 4) is 11.5 Å². The molecule has 1 aliphatic rings. The first-order chi connectivity index (χ1) is 13.4. The lowest BCUT2D eigenvalue weighted by molar-refractivity contribution is -0.123. The van der Waals surface area contributed by atoms with Gasteiger partial charge in [-0.3, -0.25) is 9.59 Å². The second kappa shape index (κ2) is 9.62. The monoisotopic (exact) mass is 419 g/mol. The minimum absolute atomic E-state index is 0. The van der Waals surface area contributed by atoms with Crippen LogP contribution >= 0.6 is 12.4 Å². The lowest BCUT2D eigenvalue weighted by Crippen LogP contribution is -2.45. The maximum absolute atomic E-state index is 12.7. The normalized spacial score (nSPS) is 14.7. The van der Waals surface area contributed by atoms with Gasteiger partial charge in [-0.1, -0.05) is 30.3 Å². The number of ether oxygens (including phenoxy) is 2. The lowest BCUT2D eigenvalue weighted by Gasteiger charge is -2.24. The number of nitrogens with one attached hydrogen (secondary N) is 2. The van der Waals surface area contributed by atoms with Crippen LogP contribution in [0.2, 0.25) is 0 Å². The molecular formula is C21H26ClN3O4. The molecule has 4 N–H and O–H groups in total. The first-order valence-corrected chi connectivity index (χ1v) is 9.16. The molecule has 2 aromatic carbocycles. The second-order valence-corrected chi connectivity index (χ2v) is 7.02. The Morgan fingerprint density at radius 2 is 1.83 bits per heavy atom. The zero-order valence-corrected chi connectivity index (χ0v) is 17.3. The number of anilines is 1. The first kappa shape index (κ1) is 22.5. The van der Waals surface area contributed by atoms with Crippen LogP contribution in [-0.4, -0.2) is 31.6 Å². The summed E-state index contributed by atoms with van der Waals surface area (Å²) in [6, 6.07) is 14.4. The largest absolute Gasteiger partial charge is 0.493 e. The van der Waals surface area contributed by atoms with Gasteiger partial charge >= 0.3 is 0 Å². The standard InChI is InChI=1S/C21H25N3O4.ClH/c1-21(22,14-6-4-3-5-7-14)20(26)24-16-10-11-17(27-2)18(12-16)28-13-19(25)23-15-8-9-15;/h3-7,10-12,15H,8-9,13,22H2,1-2H3,(H,23,25)(H,24,26);1H. The fraction of sp³-hybridized carbons (Fsp3) is 0.333. The molecule has 1 unspecified atom stereocenters. The molecule has 0 spiro atoms. The van der Waals surface area contributed by atoms with Gasteiger partial charge in [-0.15, -0.1) is 12.4 Å². The fourth-order valence-electron chi connectivity index (χ4n) is 2.68. The van der Waals surface area contributed by atoms with Crippen molar-refractivity contribution in [1.82, 2.24) is 5.32 Å². The quantitative estimate of drug-likeness (QED) is 0.610. The smallest absolute Gasteiger partial charge is 0.258 e. The van der Waals surface area contributed by atoms with E-state index in [1.165, 1.54) is 7.11 Å². The predicted molar refractivity (Wildman–Crippen MR) is 114 cm³/mol. The van der Waals surface area contributed by atoms with E-state index in [4.69, 9.17) is 15.2 Å². The Morgan fingerprint density at radius 1 is 1.14 bits per heavy atom. The van der Waals surface area contributed by atoms with E-state index in [0.29, 0.717) is 22.7 Å². The van der Waals surface area contributed by atoms with Crippen molar-refractivity contribution in [2.24, 2.45) is 5.73 Å². The molecule has 1 fully saturated rings. The summed E-state index contributed by atoms with van der Waals surface area (Å²) in [5, 5.41) is 5.66. The van der Waals surface area contributed by atoms with Crippen LogP contribution in [0, 0.1) is 0 Å². The number of carbonyl (C=O) groups excluding carboxylic acids is 2. The number of nitrogens with two attached hydrogens (primary N) is 1. The van der Waals surface area contributed by atoms with Gasteiger partial charge in [0, 0.05) is 17.8 Å². The van der Waals surface area contributed by atoms with E-state index in [0.717, 1.165) is 12.8 Å². The highest BCUT2D eigenvalue weighted by Crippen LogP contribution is 2.31. The number of carbonyl (C=O) groups is 2. The maximum Gasteiger partial charge on any atom is 0.258 e. The van der Waals surface area contributed by atoms with E-state index in [9.17, 15) is 9.59 Å². The Morgan fingerprint density at radius 3 is 2.45 bits per heavy atom. The first-order valence-electron chi connectivity index (χ1n) is 9.16. The van der Waals surface area contributed by atoms with Gasteiger partial charge < -0.3 is 25.8 Å². The van der Waals surface area contributed by atoms with Crippen LogP contribution in [0.15, 0.2) is 48.5 Å². The van der Waals surface area contributed by atoms with Crippen molar-refractivity contribution in [3.63, 3.8) is 0 Å². The zero-order valence-electron chi connectivity index (χ0n) is 16.4. The van der Waals surface area contributed by atoms with Crippen molar-refractivity contribution >= 4 is 29.9 Å². The van der Waals surface area contributed by atoms with Gasteiger partial charge in [0.05, 0.1) is 7.11 Å². The molecule has 0 aliphatic heterocycles. The second-order valence-electron chi connectivity index (χ2n) is 7.02. The molecule has 2 aromatic rings. The van der Waals surface area contributed by atoms with Crippen LogP contribution in [0.1, 0.15) is 25.3 Å². The predicted octanol–water partition coefficient (Wildman–Crippen LogP) is 2.59. The number of halogens is 1. The fourth-order valence-corrected chi connectivity index (χ4v) is 2.68. The highest BCUT2D eigenvalue weighted by atomic mass is 35.5. The van der Waals surface area contributed by atoms with Gasteiger partial charge in [0.2, 0.25) is 5.91 Å². The van der Waals surface area contributed by atoms with Crippen LogP contribution in [0.5, 0.6) is 11.5 Å². The van der Waals surface area contributed by atoms with Crippen molar-refractivity contribution in [2.45, 2.75) is 31.3 Å². The number of hydrogen-bond donors (Lipinski definition) is 3. The van der Waals surface area contributed by atoms with Crippen molar-refractivity contribution in [3.05, 3.63) is 54.1 Å². The molecule has 0 saturated heterocycles. The van der Waals surface area contributed by atoms with Gasteiger partial charge in [0.1, 0.15) is 5.54 Å². The van der Waals surface area contributed by atoms with Crippen LogP contribution in [-0.2, 0) is 15.1 Å². The number of hydrogen-bond acceptors (Lipinski definition) is 5. The average molecular weight is 420 g/mol. The van der Waals surface area contributed by atoms with Gasteiger partial charge in [0.15, 0.2) is 18.1 Å². The molecule has 8 heteroatoms. The van der Waals surface area contributed by atoms with Crippen molar-refractivity contribution in [1.29, 1.82) is 0 Å². The molecule has 1 atom stereocenters. The molecular weight excluding hydrogens is 394 g/mol. The summed E-state index contributed by atoms with van der Waals surface area (Å²) in [6.45, 7) is 1.53. The van der Waals surface area contributed by atoms with Crippen molar-refractivity contribution in [2.75, 3.05) is 19.0 Å². The molecule has 156 valence electrons. The van der Waals surface area contributed by atoms with Crippen LogP contribution < -0.4 is 25.8 Å². The number of benzene rings is 2. The summed E-state index contributed by atoms with van der Waals surface area (Å²) >= 11 is 0. The third-order valence-corrected chi connectivity index (χ3v) is 4.57. The Bertz CT molecular complexity index is 854. The number of amides is 2. The van der Waals surface area contributed by atoms with Crippen molar-refractivity contribution < 1.29 is 19.1 Å². The Hall–Kier alpha value is -2.77. The minimum atomic E-state index is -1.20. The molecule has 1 saturated carbocycles. The van der Waals surface area contributed by atoms with Gasteiger partial charge in [-0.05, 0) is 37.5 Å². The van der Waals surface area contributed by atoms with Crippen LogP contribution in [0.4, 0.5) is 5.69 Å². The Balaban J connectivity index is 0.00000300. The average Bonchev–Trinajstić information content (AvgIpc) is 3.51. The van der Waals surface area contributed by atoms with Crippen LogP contribution in [0.25, 0.3) is 0 Å². The van der Waals surface area contributed by atoms with Crippen LogP contribution in [0.3, 0.4) is 0 Å². The molecule has 1 aliphatic carbocycles. The number of methoxy groups -OCH3 is 1. The highest BCUT2D eigenvalue weighted by Gasteiger charge is 2.30. The Kier molecular flexibility index (Phi) is 7.47. The minimum Gasteiger partial charge on any atom is -0.493 e. The molecule has 0 radical (unpaired) electrons. The molecule has 0 bridgehead atoms. The van der Waals surface area contributed by atoms with Gasteiger partial charge in [0.25, 0.3) is 5.91 Å². The third kappa shape index (κ3) is 5.85. The lowest BCUT2D eigenvalue weighted by atomic mass is 9.92. The van der Waals surface area contributed by atoms with Gasteiger partial charge in [-0.2, -0.15) is 0 Å². The summed E-state index contributed by atoms with van der Waals surface area (Å²) in [6.07, 6.45) is 2.02.